The highest BCUT2D eigenvalue weighted by Gasteiger charge is 2.23. The molecule has 1 saturated heterocycles. The molecule has 4 heterocycles. The molecule has 0 aromatic carbocycles. The SMILES string of the molecule is NC(=O)c1nn(C2CCOCC2)cc1NC(=O)c1coc(-c2ccnc(N)c2)n1. The van der Waals surface area contributed by atoms with E-state index >= 15 is 0 Å². The van der Waals surface area contributed by atoms with Crippen molar-refractivity contribution in [2.45, 2.75) is 18.9 Å². The van der Waals surface area contributed by atoms with E-state index in [4.69, 9.17) is 20.6 Å². The Kier molecular flexibility index (Phi) is 4.96. The van der Waals surface area contributed by atoms with Crippen LogP contribution in [0.2, 0.25) is 0 Å². The molecule has 0 spiro atoms. The van der Waals surface area contributed by atoms with Crippen molar-refractivity contribution in [1.29, 1.82) is 0 Å². The van der Waals surface area contributed by atoms with E-state index in [1.54, 1.807) is 23.0 Å². The van der Waals surface area contributed by atoms with Crippen LogP contribution in [0.4, 0.5) is 11.5 Å². The van der Waals surface area contributed by atoms with Crippen LogP contribution in [0, 0.1) is 0 Å². The number of nitrogens with zero attached hydrogens (tertiary/aromatic N) is 4. The van der Waals surface area contributed by atoms with Gasteiger partial charge < -0.3 is 25.9 Å². The molecule has 0 atom stereocenters. The van der Waals surface area contributed by atoms with Gasteiger partial charge in [-0.3, -0.25) is 14.3 Å². The topological polar surface area (TPSA) is 164 Å². The summed E-state index contributed by atoms with van der Waals surface area (Å²) in [4.78, 5) is 32.4. The summed E-state index contributed by atoms with van der Waals surface area (Å²) in [5.41, 5.74) is 11.9. The molecule has 3 aromatic rings. The normalized spacial score (nSPS) is 14.6. The van der Waals surface area contributed by atoms with Crippen molar-refractivity contribution in [3.05, 3.63) is 42.2 Å². The second-order valence-electron chi connectivity index (χ2n) is 6.54. The molecule has 0 bridgehead atoms. The number of oxazole rings is 1. The first-order valence-corrected chi connectivity index (χ1v) is 8.97. The average Bonchev–Trinajstić information content (AvgIpc) is 3.36. The third-order valence-corrected chi connectivity index (χ3v) is 4.54. The Morgan fingerprint density at radius 1 is 1.28 bits per heavy atom. The Bertz CT molecular complexity index is 1050. The second-order valence-corrected chi connectivity index (χ2v) is 6.54. The van der Waals surface area contributed by atoms with Crippen molar-refractivity contribution in [2.24, 2.45) is 5.73 Å². The van der Waals surface area contributed by atoms with Gasteiger partial charge in [-0.15, -0.1) is 0 Å². The maximum absolute atomic E-state index is 12.6. The molecule has 29 heavy (non-hydrogen) atoms. The van der Waals surface area contributed by atoms with Gasteiger partial charge >= 0.3 is 0 Å². The van der Waals surface area contributed by atoms with E-state index in [9.17, 15) is 9.59 Å². The van der Waals surface area contributed by atoms with E-state index in [1.165, 1.54) is 12.5 Å². The monoisotopic (exact) mass is 397 g/mol. The standard InChI is InChI=1S/C18H19N7O4/c19-14-7-10(1-4-21-14)18-23-13(9-29-18)17(27)22-12-8-25(24-15(12)16(20)26)11-2-5-28-6-3-11/h1,4,7-9,11H,2-3,5-6H2,(H2,19,21)(H2,20,26)(H,22,27). The number of carbonyl (C=O) groups excluding carboxylic acids is 2. The lowest BCUT2D eigenvalue weighted by Gasteiger charge is -2.22. The van der Waals surface area contributed by atoms with Crippen molar-refractivity contribution >= 4 is 23.3 Å². The van der Waals surface area contributed by atoms with Gasteiger partial charge in [-0.05, 0) is 25.0 Å². The summed E-state index contributed by atoms with van der Waals surface area (Å²) < 4.78 is 12.3. The van der Waals surface area contributed by atoms with Gasteiger partial charge in [0.25, 0.3) is 11.8 Å². The summed E-state index contributed by atoms with van der Waals surface area (Å²) in [5, 5.41) is 6.88. The van der Waals surface area contributed by atoms with Crippen LogP contribution in [-0.2, 0) is 4.74 Å². The largest absolute Gasteiger partial charge is 0.444 e. The fraction of sp³-hybridized carbons (Fsp3) is 0.278. The molecule has 3 aromatic heterocycles. The maximum Gasteiger partial charge on any atom is 0.277 e. The molecule has 150 valence electrons. The van der Waals surface area contributed by atoms with Gasteiger partial charge in [-0.25, -0.2) is 9.97 Å². The number of nitrogen functional groups attached to an aromatic ring is 1. The minimum absolute atomic E-state index is 0.0181. The number of nitrogens with two attached hydrogens (primary N) is 2. The molecule has 0 saturated carbocycles. The zero-order valence-electron chi connectivity index (χ0n) is 15.4. The molecule has 1 aliphatic rings. The highest BCUT2D eigenvalue weighted by Crippen LogP contribution is 2.25. The van der Waals surface area contributed by atoms with Crippen molar-refractivity contribution in [3.8, 4) is 11.5 Å². The first-order valence-electron chi connectivity index (χ1n) is 8.97. The Morgan fingerprint density at radius 3 is 2.79 bits per heavy atom. The highest BCUT2D eigenvalue weighted by molar-refractivity contribution is 6.07. The van der Waals surface area contributed by atoms with Gasteiger partial charge in [-0.1, -0.05) is 0 Å². The van der Waals surface area contributed by atoms with Crippen LogP contribution in [0.1, 0.15) is 39.9 Å². The van der Waals surface area contributed by atoms with Crippen LogP contribution >= 0.6 is 0 Å². The number of aromatic nitrogens is 4. The minimum atomic E-state index is -0.737. The Hall–Kier alpha value is -3.73. The van der Waals surface area contributed by atoms with Gasteiger partial charge in [0.2, 0.25) is 5.89 Å². The molecular weight excluding hydrogens is 378 g/mol. The lowest BCUT2D eigenvalue weighted by atomic mass is 10.1. The van der Waals surface area contributed by atoms with Crippen LogP contribution < -0.4 is 16.8 Å². The molecule has 11 heteroatoms. The summed E-state index contributed by atoms with van der Waals surface area (Å²) in [6.45, 7) is 1.22. The van der Waals surface area contributed by atoms with E-state index in [0.29, 0.717) is 24.6 Å². The number of amides is 2. The van der Waals surface area contributed by atoms with E-state index in [1.807, 2.05) is 0 Å². The van der Waals surface area contributed by atoms with Gasteiger partial charge in [0, 0.05) is 31.2 Å². The fourth-order valence-corrected chi connectivity index (χ4v) is 3.08. The smallest absolute Gasteiger partial charge is 0.277 e. The molecule has 5 N–H and O–H groups in total. The summed E-state index contributed by atoms with van der Waals surface area (Å²) in [6, 6.07) is 3.31. The van der Waals surface area contributed by atoms with Crippen molar-refractivity contribution in [1.82, 2.24) is 19.7 Å². The first kappa shape index (κ1) is 18.6. The van der Waals surface area contributed by atoms with Crippen molar-refractivity contribution < 1.29 is 18.7 Å². The quantitative estimate of drug-likeness (QED) is 0.578. The Balaban J connectivity index is 1.55. The zero-order chi connectivity index (χ0) is 20.4. The lowest BCUT2D eigenvalue weighted by molar-refractivity contribution is 0.0661. The number of primary amides is 1. The predicted octanol–water partition coefficient (Wildman–Crippen LogP) is 1.22. The van der Waals surface area contributed by atoms with E-state index in [-0.39, 0.29) is 29.0 Å². The van der Waals surface area contributed by atoms with Crippen LogP contribution in [0.15, 0.2) is 35.2 Å². The highest BCUT2D eigenvalue weighted by atomic mass is 16.5. The number of ether oxygens (including phenoxy) is 1. The van der Waals surface area contributed by atoms with Crippen LogP contribution in [-0.4, -0.2) is 44.8 Å². The molecule has 0 unspecified atom stereocenters. The molecule has 0 radical (unpaired) electrons. The molecule has 2 amide bonds. The fourth-order valence-electron chi connectivity index (χ4n) is 3.08. The van der Waals surface area contributed by atoms with Gasteiger partial charge in [0.15, 0.2) is 11.4 Å². The number of rotatable bonds is 5. The molecule has 1 aliphatic heterocycles. The van der Waals surface area contributed by atoms with Gasteiger partial charge in [0.1, 0.15) is 12.1 Å². The van der Waals surface area contributed by atoms with Crippen LogP contribution in [0.5, 0.6) is 0 Å². The number of hydrogen-bond acceptors (Lipinski definition) is 8. The molecular formula is C18H19N7O4. The molecule has 1 fully saturated rings. The van der Waals surface area contributed by atoms with Crippen molar-refractivity contribution in [3.63, 3.8) is 0 Å². The predicted molar refractivity (Wildman–Crippen MR) is 102 cm³/mol. The molecule has 4 rings (SSSR count). The molecule has 0 aliphatic carbocycles. The minimum Gasteiger partial charge on any atom is -0.444 e. The third-order valence-electron chi connectivity index (χ3n) is 4.54. The number of anilines is 2. The second kappa shape index (κ2) is 7.72. The van der Waals surface area contributed by atoms with Gasteiger partial charge in [-0.2, -0.15) is 5.10 Å². The molecule has 11 nitrogen and oxygen atoms in total. The average molecular weight is 397 g/mol. The van der Waals surface area contributed by atoms with E-state index in [0.717, 1.165) is 12.8 Å². The summed E-state index contributed by atoms with van der Waals surface area (Å²) >= 11 is 0. The van der Waals surface area contributed by atoms with Crippen LogP contribution in [0.3, 0.4) is 0 Å². The summed E-state index contributed by atoms with van der Waals surface area (Å²) in [6.07, 6.45) is 5.84. The lowest BCUT2D eigenvalue weighted by Crippen LogP contribution is -2.21. The third kappa shape index (κ3) is 3.94. The summed E-state index contributed by atoms with van der Waals surface area (Å²) in [5.74, 6) is -0.772. The Morgan fingerprint density at radius 2 is 2.07 bits per heavy atom. The number of hydrogen-bond donors (Lipinski definition) is 3. The van der Waals surface area contributed by atoms with E-state index < -0.39 is 11.8 Å². The number of pyridine rings is 1. The van der Waals surface area contributed by atoms with Crippen LogP contribution in [0.25, 0.3) is 11.5 Å². The van der Waals surface area contributed by atoms with E-state index in [2.05, 4.69) is 20.4 Å². The van der Waals surface area contributed by atoms with Crippen molar-refractivity contribution in [2.75, 3.05) is 24.3 Å². The first-order chi connectivity index (χ1) is 14.0. The number of carbonyl (C=O) groups is 2. The maximum atomic E-state index is 12.6. The number of nitrogens with one attached hydrogen (secondary N) is 1. The van der Waals surface area contributed by atoms with Gasteiger partial charge in [0.05, 0.1) is 11.7 Å². The zero-order valence-corrected chi connectivity index (χ0v) is 15.4. The summed E-state index contributed by atoms with van der Waals surface area (Å²) in [7, 11) is 0. The Labute approximate surface area is 165 Å².